The van der Waals surface area contributed by atoms with Gasteiger partial charge in [0.2, 0.25) is 0 Å². The fraction of sp³-hybridized carbons (Fsp3) is 1.00. The van der Waals surface area contributed by atoms with Gasteiger partial charge < -0.3 is 9.84 Å². The SMILES string of the molecule is CCCCOCCN1CCCC1CO. The first-order valence-electron chi connectivity index (χ1n) is 5.81. The van der Waals surface area contributed by atoms with Gasteiger partial charge in [0.1, 0.15) is 0 Å². The monoisotopic (exact) mass is 201 g/mol. The number of likely N-dealkylation sites (tertiary alicyclic amines) is 1. The second kappa shape index (κ2) is 7.21. The van der Waals surface area contributed by atoms with Crippen LogP contribution in [-0.2, 0) is 4.74 Å². The van der Waals surface area contributed by atoms with Crippen molar-refractivity contribution in [2.45, 2.75) is 38.6 Å². The minimum absolute atomic E-state index is 0.301. The maximum atomic E-state index is 9.09. The molecule has 1 saturated heterocycles. The average molecular weight is 201 g/mol. The quantitative estimate of drug-likeness (QED) is 0.629. The highest BCUT2D eigenvalue weighted by molar-refractivity contribution is 4.77. The summed E-state index contributed by atoms with van der Waals surface area (Å²) in [4.78, 5) is 2.34. The molecule has 0 aromatic heterocycles. The van der Waals surface area contributed by atoms with Gasteiger partial charge in [0.05, 0.1) is 13.2 Å². The standard InChI is InChI=1S/C11H23NO2/c1-2-3-8-14-9-7-12-6-4-5-11(12)10-13/h11,13H,2-10H2,1H3. The van der Waals surface area contributed by atoms with Crippen LogP contribution in [-0.4, -0.2) is 49.0 Å². The molecular formula is C11H23NO2. The third-order valence-electron chi connectivity index (χ3n) is 2.87. The van der Waals surface area contributed by atoms with Gasteiger partial charge in [-0.15, -0.1) is 0 Å². The van der Waals surface area contributed by atoms with Gasteiger partial charge in [0.25, 0.3) is 0 Å². The summed E-state index contributed by atoms with van der Waals surface area (Å²) in [5.74, 6) is 0. The van der Waals surface area contributed by atoms with Crippen molar-refractivity contribution in [2.75, 3.05) is 32.9 Å². The van der Waals surface area contributed by atoms with Crippen molar-refractivity contribution in [3.05, 3.63) is 0 Å². The lowest BCUT2D eigenvalue weighted by Gasteiger charge is -2.22. The zero-order chi connectivity index (χ0) is 10.2. The Hall–Kier alpha value is -0.120. The van der Waals surface area contributed by atoms with Crippen LogP contribution in [0.1, 0.15) is 32.6 Å². The summed E-state index contributed by atoms with van der Waals surface area (Å²) >= 11 is 0. The molecule has 1 atom stereocenters. The number of hydrogen-bond donors (Lipinski definition) is 1. The Morgan fingerprint density at radius 3 is 3.00 bits per heavy atom. The lowest BCUT2D eigenvalue weighted by molar-refractivity contribution is 0.0839. The van der Waals surface area contributed by atoms with Gasteiger partial charge in [-0.25, -0.2) is 0 Å². The van der Waals surface area contributed by atoms with Crippen LogP contribution < -0.4 is 0 Å². The van der Waals surface area contributed by atoms with Gasteiger partial charge in [-0.1, -0.05) is 13.3 Å². The van der Waals surface area contributed by atoms with E-state index in [0.717, 1.165) is 39.1 Å². The van der Waals surface area contributed by atoms with Crippen LogP contribution in [0.5, 0.6) is 0 Å². The molecule has 14 heavy (non-hydrogen) atoms. The molecule has 3 heteroatoms. The summed E-state index contributed by atoms with van der Waals surface area (Å²) in [6.45, 7) is 6.28. The van der Waals surface area contributed by atoms with Crippen LogP contribution in [0.4, 0.5) is 0 Å². The summed E-state index contributed by atoms with van der Waals surface area (Å²) in [5.41, 5.74) is 0. The molecule has 1 rings (SSSR count). The molecule has 3 nitrogen and oxygen atoms in total. The second-order valence-electron chi connectivity index (χ2n) is 3.98. The van der Waals surface area contributed by atoms with E-state index in [4.69, 9.17) is 9.84 Å². The number of aliphatic hydroxyl groups is 1. The van der Waals surface area contributed by atoms with Gasteiger partial charge in [0.15, 0.2) is 0 Å². The van der Waals surface area contributed by atoms with Gasteiger partial charge in [0, 0.05) is 19.2 Å². The Balaban J connectivity index is 2.00. The Labute approximate surface area is 87.1 Å². The minimum atomic E-state index is 0.301. The van der Waals surface area contributed by atoms with Crippen LogP contribution in [0.15, 0.2) is 0 Å². The zero-order valence-corrected chi connectivity index (χ0v) is 9.24. The summed E-state index contributed by atoms with van der Waals surface area (Å²) in [5, 5.41) is 9.09. The number of hydrogen-bond acceptors (Lipinski definition) is 3. The fourth-order valence-electron chi connectivity index (χ4n) is 1.93. The Bertz CT molecular complexity index is 141. The highest BCUT2D eigenvalue weighted by Crippen LogP contribution is 2.15. The summed E-state index contributed by atoms with van der Waals surface area (Å²) < 4.78 is 5.51. The number of rotatable bonds is 7. The van der Waals surface area contributed by atoms with E-state index in [0.29, 0.717) is 12.6 Å². The first-order valence-corrected chi connectivity index (χ1v) is 5.81. The summed E-state index contributed by atoms with van der Waals surface area (Å²) in [7, 11) is 0. The predicted octanol–water partition coefficient (Wildman–Crippen LogP) is 1.26. The Morgan fingerprint density at radius 1 is 1.43 bits per heavy atom. The van der Waals surface area contributed by atoms with Crippen LogP contribution >= 0.6 is 0 Å². The van der Waals surface area contributed by atoms with Crippen molar-refractivity contribution >= 4 is 0 Å². The van der Waals surface area contributed by atoms with E-state index in [1.165, 1.54) is 12.8 Å². The molecule has 0 aromatic carbocycles. The molecule has 0 spiro atoms. The smallest absolute Gasteiger partial charge is 0.0593 e. The molecule has 1 aliphatic rings. The normalized spacial score (nSPS) is 23.1. The third-order valence-corrected chi connectivity index (χ3v) is 2.87. The number of ether oxygens (including phenoxy) is 1. The second-order valence-corrected chi connectivity index (χ2v) is 3.98. The highest BCUT2D eigenvalue weighted by Gasteiger charge is 2.22. The van der Waals surface area contributed by atoms with Crippen molar-refractivity contribution < 1.29 is 9.84 Å². The average Bonchev–Trinajstić information content (AvgIpc) is 2.65. The van der Waals surface area contributed by atoms with Crippen molar-refractivity contribution in [1.82, 2.24) is 4.90 Å². The first-order chi connectivity index (χ1) is 6.88. The Kier molecular flexibility index (Phi) is 6.15. The van der Waals surface area contributed by atoms with Gasteiger partial charge >= 0.3 is 0 Å². The summed E-state index contributed by atoms with van der Waals surface area (Å²) in [6, 6.07) is 0.393. The first kappa shape index (κ1) is 12.0. The topological polar surface area (TPSA) is 32.7 Å². The number of unbranched alkanes of at least 4 members (excludes halogenated alkanes) is 1. The van der Waals surface area contributed by atoms with E-state index in [9.17, 15) is 0 Å². The van der Waals surface area contributed by atoms with Gasteiger partial charge in [-0.3, -0.25) is 4.90 Å². The maximum Gasteiger partial charge on any atom is 0.0593 e. The van der Waals surface area contributed by atoms with Crippen molar-refractivity contribution in [1.29, 1.82) is 0 Å². The largest absolute Gasteiger partial charge is 0.395 e. The van der Waals surface area contributed by atoms with Crippen molar-refractivity contribution in [2.24, 2.45) is 0 Å². The lowest BCUT2D eigenvalue weighted by Crippen LogP contribution is -2.34. The maximum absolute atomic E-state index is 9.09. The molecule has 0 saturated carbocycles. The summed E-state index contributed by atoms with van der Waals surface area (Å²) in [6.07, 6.45) is 4.72. The molecule has 1 unspecified atom stereocenters. The van der Waals surface area contributed by atoms with E-state index in [2.05, 4.69) is 11.8 Å². The molecule has 1 heterocycles. The molecule has 1 N–H and O–H groups in total. The molecular weight excluding hydrogens is 178 g/mol. The molecule has 0 amide bonds. The van der Waals surface area contributed by atoms with Crippen LogP contribution in [0.3, 0.4) is 0 Å². The van der Waals surface area contributed by atoms with Gasteiger partial charge in [-0.05, 0) is 25.8 Å². The lowest BCUT2D eigenvalue weighted by atomic mass is 10.2. The predicted molar refractivity (Wildman–Crippen MR) is 57.4 cm³/mol. The van der Waals surface area contributed by atoms with Crippen molar-refractivity contribution in [3.8, 4) is 0 Å². The molecule has 1 fully saturated rings. The fourth-order valence-corrected chi connectivity index (χ4v) is 1.93. The molecule has 0 aliphatic carbocycles. The third kappa shape index (κ3) is 3.95. The highest BCUT2D eigenvalue weighted by atomic mass is 16.5. The molecule has 0 aromatic rings. The minimum Gasteiger partial charge on any atom is -0.395 e. The zero-order valence-electron chi connectivity index (χ0n) is 9.24. The van der Waals surface area contributed by atoms with Crippen LogP contribution in [0, 0.1) is 0 Å². The van der Waals surface area contributed by atoms with Crippen LogP contribution in [0.25, 0.3) is 0 Å². The van der Waals surface area contributed by atoms with E-state index >= 15 is 0 Å². The number of nitrogens with zero attached hydrogens (tertiary/aromatic N) is 1. The van der Waals surface area contributed by atoms with Crippen LogP contribution in [0.2, 0.25) is 0 Å². The Morgan fingerprint density at radius 2 is 2.29 bits per heavy atom. The molecule has 1 aliphatic heterocycles. The van der Waals surface area contributed by atoms with E-state index in [-0.39, 0.29) is 0 Å². The van der Waals surface area contributed by atoms with E-state index in [1.807, 2.05) is 0 Å². The van der Waals surface area contributed by atoms with Crippen molar-refractivity contribution in [3.63, 3.8) is 0 Å². The molecule has 0 bridgehead atoms. The van der Waals surface area contributed by atoms with Gasteiger partial charge in [-0.2, -0.15) is 0 Å². The molecule has 84 valence electrons. The van der Waals surface area contributed by atoms with E-state index < -0.39 is 0 Å². The van der Waals surface area contributed by atoms with E-state index in [1.54, 1.807) is 0 Å². The molecule has 0 radical (unpaired) electrons. The number of aliphatic hydroxyl groups excluding tert-OH is 1.